The first-order valence-electron chi connectivity index (χ1n) is 14.0. The molecule has 4 aliphatic carbocycles. The maximum absolute atomic E-state index is 13.4. The molecule has 10 unspecified atom stereocenters. The van der Waals surface area contributed by atoms with Crippen LogP contribution in [0.25, 0.3) is 0 Å². The summed E-state index contributed by atoms with van der Waals surface area (Å²) >= 11 is 0. The molecule has 4 fully saturated rings. The number of epoxide rings is 1. The lowest BCUT2D eigenvalue weighted by Gasteiger charge is -2.59. The molecule has 202 valence electrons. The third-order valence-corrected chi connectivity index (χ3v) is 11.9. The van der Waals surface area contributed by atoms with Crippen molar-refractivity contribution in [1.29, 1.82) is 0 Å². The van der Waals surface area contributed by atoms with Gasteiger partial charge in [-0.05, 0) is 90.0 Å². The van der Waals surface area contributed by atoms with Crippen LogP contribution >= 0.6 is 0 Å². The number of aliphatic hydroxyl groups is 1. The standard InChI is InChI=1S/C30H40O7/c1-16-13-24(36-26(33)17(16)2)28(5,34)22-9-8-21-19-14-25-30(37-25)11-6-7-23(32)27(30,4)20(19)10-12-29(21,22)15-35-18(3)31/h6-7,19-22,24-25,34H,8-15H2,1-5H3. The maximum atomic E-state index is 13.4. The molecule has 0 bridgehead atoms. The largest absolute Gasteiger partial charge is 0.465 e. The van der Waals surface area contributed by atoms with E-state index >= 15 is 0 Å². The molecular formula is C30H40O7. The topological polar surface area (TPSA) is 102 Å². The van der Waals surface area contributed by atoms with Crippen molar-refractivity contribution in [3.63, 3.8) is 0 Å². The van der Waals surface area contributed by atoms with Crippen LogP contribution in [-0.4, -0.2) is 52.8 Å². The van der Waals surface area contributed by atoms with Gasteiger partial charge in [-0.25, -0.2) is 4.79 Å². The first-order chi connectivity index (χ1) is 17.4. The van der Waals surface area contributed by atoms with Crippen LogP contribution in [0.2, 0.25) is 0 Å². The van der Waals surface area contributed by atoms with Gasteiger partial charge in [-0.2, -0.15) is 0 Å². The SMILES string of the molecule is CC(=O)OCC12CCC3C(CC4OC45CC=CC(=O)C35C)C1CCC2C(C)(O)C1CC(C)=C(C)C(=O)O1. The average Bonchev–Trinajstić information content (AvgIpc) is 3.40. The zero-order valence-corrected chi connectivity index (χ0v) is 22.7. The molecule has 37 heavy (non-hydrogen) atoms. The first-order valence-corrected chi connectivity index (χ1v) is 14.0. The molecule has 1 spiro atoms. The monoisotopic (exact) mass is 512 g/mol. The molecule has 1 saturated heterocycles. The van der Waals surface area contributed by atoms with Crippen molar-refractivity contribution in [3.8, 4) is 0 Å². The molecule has 6 rings (SSSR count). The number of allylic oxidation sites excluding steroid dienone is 1. The van der Waals surface area contributed by atoms with Gasteiger partial charge in [-0.1, -0.05) is 11.6 Å². The average molecular weight is 513 g/mol. The Morgan fingerprint density at radius 2 is 1.97 bits per heavy atom. The zero-order chi connectivity index (χ0) is 26.5. The fourth-order valence-corrected chi connectivity index (χ4v) is 9.72. The van der Waals surface area contributed by atoms with Gasteiger partial charge in [0.15, 0.2) is 5.78 Å². The lowest BCUT2D eigenvalue weighted by molar-refractivity contribution is -0.195. The maximum Gasteiger partial charge on any atom is 0.334 e. The molecule has 0 aromatic rings. The van der Waals surface area contributed by atoms with Gasteiger partial charge in [-0.3, -0.25) is 9.59 Å². The summed E-state index contributed by atoms with van der Waals surface area (Å²) in [6.45, 7) is 9.29. The van der Waals surface area contributed by atoms with Crippen LogP contribution < -0.4 is 0 Å². The van der Waals surface area contributed by atoms with Crippen molar-refractivity contribution in [2.75, 3.05) is 6.61 Å². The Morgan fingerprint density at radius 1 is 1.22 bits per heavy atom. The minimum atomic E-state index is -1.28. The van der Waals surface area contributed by atoms with Gasteiger partial charge in [0.25, 0.3) is 0 Å². The molecule has 1 N–H and O–H groups in total. The van der Waals surface area contributed by atoms with Gasteiger partial charge in [0.05, 0.1) is 18.1 Å². The number of ether oxygens (including phenoxy) is 3. The number of rotatable bonds is 4. The van der Waals surface area contributed by atoms with Crippen molar-refractivity contribution in [2.24, 2.45) is 34.5 Å². The minimum Gasteiger partial charge on any atom is -0.465 e. The van der Waals surface area contributed by atoms with Gasteiger partial charge in [0.2, 0.25) is 0 Å². The van der Waals surface area contributed by atoms with E-state index in [1.165, 1.54) is 6.92 Å². The first kappa shape index (κ1) is 25.3. The number of carbonyl (C=O) groups excluding carboxylic acids is 3. The summed E-state index contributed by atoms with van der Waals surface area (Å²) < 4.78 is 17.9. The van der Waals surface area contributed by atoms with E-state index in [1.807, 2.05) is 13.0 Å². The molecule has 6 aliphatic rings. The highest BCUT2D eigenvalue weighted by atomic mass is 16.6. The third kappa shape index (κ3) is 3.22. The van der Waals surface area contributed by atoms with E-state index in [-0.39, 0.29) is 59.7 Å². The number of ketones is 1. The van der Waals surface area contributed by atoms with E-state index in [9.17, 15) is 19.5 Å². The second kappa shape index (κ2) is 8.01. The summed E-state index contributed by atoms with van der Waals surface area (Å²) in [7, 11) is 0. The Labute approximate surface area is 219 Å². The summed E-state index contributed by atoms with van der Waals surface area (Å²) in [5.41, 5.74) is -1.06. The molecule has 10 atom stereocenters. The van der Waals surface area contributed by atoms with Gasteiger partial charge >= 0.3 is 11.9 Å². The Balaban J connectivity index is 1.36. The van der Waals surface area contributed by atoms with Crippen molar-refractivity contribution < 1.29 is 33.7 Å². The summed E-state index contributed by atoms with van der Waals surface area (Å²) in [6.07, 6.45) is 8.59. The number of fused-ring (bicyclic) bond motifs is 4. The van der Waals surface area contributed by atoms with Gasteiger partial charge in [0, 0.05) is 30.3 Å². The molecule has 7 heteroatoms. The van der Waals surface area contributed by atoms with Crippen LogP contribution in [0.3, 0.4) is 0 Å². The third-order valence-electron chi connectivity index (χ3n) is 11.9. The Kier molecular flexibility index (Phi) is 5.48. The second-order valence-electron chi connectivity index (χ2n) is 13.2. The second-order valence-corrected chi connectivity index (χ2v) is 13.2. The lowest BCUT2D eigenvalue weighted by Crippen LogP contribution is -2.62. The van der Waals surface area contributed by atoms with Crippen LogP contribution in [-0.2, 0) is 28.6 Å². The highest BCUT2D eigenvalue weighted by Crippen LogP contribution is 2.73. The Hall–Kier alpha value is -1.99. The van der Waals surface area contributed by atoms with Crippen LogP contribution in [0.1, 0.15) is 79.6 Å². The van der Waals surface area contributed by atoms with Gasteiger partial charge in [-0.15, -0.1) is 0 Å². The fourth-order valence-electron chi connectivity index (χ4n) is 9.72. The quantitative estimate of drug-likeness (QED) is 0.447. The lowest BCUT2D eigenvalue weighted by atomic mass is 9.44. The minimum absolute atomic E-state index is 0.0757. The van der Waals surface area contributed by atoms with Crippen LogP contribution in [0, 0.1) is 34.5 Å². The number of cyclic esters (lactones) is 1. The highest BCUT2D eigenvalue weighted by molar-refractivity contribution is 5.97. The fraction of sp³-hybridized carbons (Fsp3) is 0.767. The molecule has 0 radical (unpaired) electrons. The zero-order valence-electron chi connectivity index (χ0n) is 22.7. The molecule has 2 heterocycles. The summed E-state index contributed by atoms with van der Waals surface area (Å²) in [5.74, 6) is -0.0726. The van der Waals surface area contributed by atoms with Crippen molar-refractivity contribution in [1.82, 2.24) is 0 Å². The van der Waals surface area contributed by atoms with Crippen molar-refractivity contribution in [3.05, 3.63) is 23.3 Å². The number of hydrogen-bond donors (Lipinski definition) is 1. The van der Waals surface area contributed by atoms with Crippen LogP contribution in [0.15, 0.2) is 23.3 Å². The number of carbonyl (C=O) groups is 3. The predicted octanol–water partition coefficient (Wildman–Crippen LogP) is 4.07. The van der Waals surface area contributed by atoms with Gasteiger partial charge in [0.1, 0.15) is 17.3 Å². The van der Waals surface area contributed by atoms with E-state index in [2.05, 4.69) is 6.92 Å². The summed E-state index contributed by atoms with van der Waals surface area (Å²) in [4.78, 5) is 38.0. The van der Waals surface area contributed by atoms with Crippen LogP contribution in [0.5, 0.6) is 0 Å². The predicted molar refractivity (Wildman–Crippen MR) is 134 cm³/mol. The van der Waals surface area contributed by atoms with E-state index in [0.717, 1.165) is 44.1 Å². The molecule has 0 aromatic carbocycles. The summed E-state index contributed by atoms with van der Waals surface area (Å²) in [6, 6.07) is 0. The van der Waals surface area contributed by atoms with E-state index in [0.29, 0.717) is 12.0 Å². The highest BCUT2D eigenvalue weighted by Gasteiger charge is 2.78. The smallest absolute Gasteiger partial charge is 0.334 e. The summed E-state index contributed by atoms with van der Waals surface area (Å²) in [5, 5.41) is 12.1. The van der Waals surface area contributed by atoms with Crippen LogP contribution in [0.4, 0.5) is 0 Å². The van der Waals surface area contributed by atoms with Gasteiger partial charge < -0.3 is 19.3 Å². The van der Waals surface area contributed by atoms with Crippen molar-refractivity contribution in [2.45, 2.75) is 103 Å². The van der Waals surface area contributed by atoms with E-state index in [4.69, 9.17) is 14.2 Å². The number of hydrogen-bond acceptors (Lipinski definition) is 7. The Bertz CT molecular complexity index is 1120. The Morgan fingerprint density at radius 3 is 2.68 bits per heavy atom. The normalized spacial score (nSPS) is 47.7. The van der Waals surface area contributed by atoms with E-state index < -0.39 is 22.5 Å². The molecule has 0 aromatic heterocycles. The molecule has 3 saturated carbocycles. The molecule has 2 aliphatic heterocycles. The molecule has 0 amide bonds. The molecule has 7 nitrogen and oxygen atoms in total. The molecular weight excluding hydrogens is 472 g/mol. The van der Waals surface area contributed by atoms with E-state index in [1.54, 1.807) is 19.9 Å². The van der Waals surface area contributed by atoms with Crippen molar-refractivity contribution >= 4 is 17.7 Å². The number of esters is 2.